The number of anilines is 1. The first-order chi connectivity index (χ1) is 8.93. The predicted octanol–water partition coefficient (Wildman–Crippen LogP) is 2.98. The first kappa shape index (κ1) is 15.7. The van der Waals surface area contributed by atoms with Crippen LogP contribution in [-0.4, -0.2) is 23.5 Å². The van der Waals surface area contributed by atoms with Crippen LogP contribution in [0.4, 0.5) is 5.69 Å². The van der Waals surface area contributed by atoms with Crippen molar-refractivity contribution in [2.24, 2.45) is 0 Å². The van der Waals surface area contributed by atoms with Gasteiger partial charge in [0.15, 0.2) is 5.15 Å². The van der Waals surface area contributed by atoms with E-state index >= 15 is 0 Å². The minimum absolute atomic E-state index is 0.0250. The molecular weight excluding hydrogens is 291 g/mol. The van der Waals surface area contributed by atoms with Gasteiger partial charge >= 0.3 is 5.97 Å². The summed E-state index contributed by atoms with van der Waals surface area (Å²) >= 11 is 11.6. The Morgan fingerprint density at radius 3 is 2.63 bits per heavy atom. The Balaban J connectivity index is 2.60. The molecule has 7 heteroatoms. The van der Waals surface area contributed by atoms with E-state index in [1.165, 1.54) is 0 Å². The van der Waals surface area contributed by atoms with Gasteiger partial charge in [-0.15, -0.1) is 0 Å². The Morgan fingerprint density at radius 1 is 1.37 bits per heavy atom. The van der Waals surface area contributed by atoms with E-state index in [-0.39, 0.29) is 29.1 Å². The molecule has 0 aliphatic heterocycles. The highest BCUT2D eigenvalue weighted by molar-refractivity contribution is 6.34. The van der Waals surface area contributed by atoms with Crippen LogP contribution in [0.3, 0.4) is 0 Å². The van der Waals surface area contributed by atoms with Crippen LogP contribution in [-0.2, 0) is 14.3 Å². The molecule has 0 fully saturated rings. The van der Waals surface area contributed by atoms with Crippen LogP contribution < -0.4 is 5.32 Å². The zero-order valence-electron chi connectivity index (χ0n) is 10.6. The normalized spacial score (nSPS) is 10.1. The molecule has 1 heterocycles. The van der Waals surface area contributed by atoms with Crippen LogP contribution in [0.25, 0.3) is 0 Å². The number of aromatic nitrogens is 1. The van der Waals surface area contributed by atoms with Crippen molar-refractivity contribution in [3.63, 3.8) is 0 Å². The highest BCUT2D eigenvalue weighted by Gasteiger charge is 2.12. The lowest BCUT2D eigenvalue weighted by atomic mass is 10.2. The summed E-state index contributed by atoms with van der Waals surface area (Å²) in [5, 5.41) is 2.98. The average Bonchev–Trinajstić information content (AvgIpc) is 2.31. The third-order valence-electron chi connectivity index (χ3n) is 2.27. The smallest absolute Gasteiger partial charge is 0.306 e. The Hall–Kier alpha value is -1.33. The largest absolute Gasteiger partial charge is 0.466 e. The molecule has 0 saturated carbocycles. The summed E-state index contributed by atoms with van der Waals surface area (Å²) in [7, 11) is 0. The molecule has 5 nitrogen and oxygen atoms in total. The fraction of sp³-hybridized carbons (Fsp3) is 0.417. The highest BCUT2D eigenvalue weighted by atomic mass is 35.5. The van der Waals surface area contributed by atoms with Gasteiger partial charge in [0, 0.05) is 6.42 Å². The number of nitrogens with zero attached hydrogens (tertiary/aromatic N) is 1. The number of carbonyl (C=O) groups excluding carboxylic acids is 2. The van der Waals surface area contributed by atoms with Gasteiger partial charge in [0.05, 0.1) is 18.7 Å². The van der Waals surface area contributed by atoms with Crippen LogP contribution in [0.5, 0.6) is 0 Å². The lowest BCUT2D eigenvalue weighted by Crippen LogP contribution is -2.15. The van der Waals surface area contributed by atoms with Crippen LogP contribution in [0.15, 0.2) is 6.07 Å². The summed E-state index contributed by atoms with van der Waals surface area (Å²) in [6.07, 6.45) is 0.0502. The quantitative estimate of drug-likeness (QED) is 0.671. The van der Waals surface area contributed by atoms with Gasteiger partial charge in [-0.1, -0.05) is 23.2 Å². The molecule has 0 spiro atoms. The summed E-state index contributed by atoms with van der Waals surface area (Å²) in [6.45, 7) is 3.76. The first-order valence-corrected chi connectivity index (χ1v) is 6.47. The zero-order chi connectivity index (χ0) is 14.4. The number of esters is 1. The van der Waals surface area contributed by atoms with Gasteiger partial charge < -0.3 is 10.1 Å². The molecule has 0 radical (unpaired) electrons. The maximum atomic E-state index is 11.7. The van der Waals surface area contributed by atoms with Crippen molar-refractivity contribution in [2.45, 2.75) is 26.7 Å². The number of rotatable bonds is 5. The van der Waals surface area contributed by atoms with Gasteiger partial charge in [-0.3, -0.25) is 9.59 Å². The van der Waals surface area contributed by atoms with Gasteiger partial charge in [-0.05, 0) is 25.5 Å². The van der Waals surface area contributed by atoms with E-state index in [2.05, 4.69) is 10.3 Å². The SMILES string of the molecule is CCOC(=O)CCC(=O)Nc1c(C)cc(Cl)nc1Cl. The lowest BCUT2D eigenvalue weighted by Gasteiger charge is -2.10. The zero-order valence-corrected chi connectivity index (χ0v) is 12.1. The van der Waals surface area contributed by atoms with Gasteiger partial charge in [0.2, 0.25) is 5.91 Å². The molecule has 0 atom stereocenters. The third kappa shape index (κ3) is 5.04. The van der Waals surface area contributed by atoms with Crippen LogP contribution in [0, 0.1) is 6.92 Å². The minimum atomic E-state index is -0.408. The molecule has 1 aromatic rings. The molecule has 104 valence electrons. The number of halogens is 2. The van der Waals surface area contributed by atoms with Gasteiger partial charge in [-0.2, -0.15) is 0 Å². The predicted molar refractivity (Wildman–Crippen MR) is 73.5 cm³/mol. The lowest BCUT2D eigenvalue weighted by molar-refractivity contribution is -0.144. The molecule has 0 bridgehead atoms. The van der Waals surface area contributed by atoms with E-state index in [1.807, 2.05) is 0 Å². The fourth-order valence-electron chi connectivity index (χ4n) is 1.40. The molecule has 1 aromatic heterocycles. The van der Waals surface area contributed by atoms with Crippen LogP contribution in [0.2, 0.25) is 10.3 Å². The molecular formula is C12H14Cl2N2O3. The summed E-state index contributed by atoms with van der Waals surface area (Å²) in [4.78, 5) is 26.6. The van der Waals surface area contributed by atoms with Crippen LogP contribution >= 0.6 is 23.2 Å². The van der Waals surface area contributed by atoms with Crippen molar-refractivity contribution >= 4 is 40.8 Å². The van der Waals surface area contributed by atoms with E-state index in [9.17, 15) is 9.59 Å². The second-order valence-corrected chi connectivity index (χ2v) is 4.53. The number of amides is 1. The van der Waals surface area contributed by atoms with E-state index in [0.29, 0.717) is 17.9 Å². The summed E-state index contributed by atoms with van der Waals surface area (Å²) in [5.41, 5.74) is 1.11. The van der Waals surface area contributed by atoms with Gasteiger partial charge in [-0.25, -0.2) is 4.98 Å². The first-order valence-electron chi connectivity index (χ1n) is 5.72. The number of carbonyl (C=O) groups is 2. The Kier molecular flexibility index (Phi) is 6.05. The van der Waals surface area contributed by atoms with Gasteiger partial charge in [0.25, 0.3) is 0 Å². The second kappa shape index (κ2) is 7.31. The third-order valence-corrected chi connectivity index (χ3v) is 2.73. The highest BCUT2D eigenvalue weighted by Crippen LogP contribution is 2.26. The van der Waals surface area contributed by atoms with E-state index in [1.54, 1.807) is 19.9 Å². The minimum Gasteiger partial charge on any atom is -0.466 e. The van der Waals surface area contributed by atoms with Crippen molar-refractivity contribution in [3.8, 4) is 0 Å². The van der Waals surface area contributed by atoms with Crippen molar-refractivity contribution in [1.82, 2.24) is 4.98 Å². The Bertz CT molecular complexity index is 469. The number of pyridine rings is 1. The van der Waals surface area contributed by atoms with Crippen molar-refractivity contribution < 1.29 is 14.3 Å². The summed E-state index contributed by atoms with van der Waals surface area (Å²) in [5.74, 6) is -0.739. The van der Waals surface area contributed by atoms with E-state index in [0.717, 1.165) is 0 Å². The fourth-order valence-corrected chi connectivity index (χ4v) is 1.98. The van der Waals surface area contributed by atoms with E-state index in [4.69, 9.17) is 27.9 Å². The number of nitrogens with one attached hydrogen (secondary N) is 1. The number of aryl methyl sites for hydroxylation is 1. The van der Waals surface area contributed by atoms with Crippen molar-refractivity contribution in [2.75, 3.05) is 11.9 Å². The monoisotopic (exact) mass is 304 g/mol. The summed E-state index contributed by atoms with van der Waals surface area (Å²) < 4.78 is 4.73. The second-order valence-electron chi connectivity index (χ2n) is 3.78. The standard InChI is InChI=1S/C12H14Cl2N2O3/c1-3-19-10(18)5-4-9(17)16-11-7(2)6-8(13)15-12(11)14/h6H,3-5H2,1-2H3,(H,16,17). The molecule has 19 heavy (non-hydrogen) atoms. The molecule has 0 aliphatic carbocycles. The summed E-state index contributed by atoms with van der Waals surface area (Å²) in [6, 6.07) is 1.59. The van der Waals surface area contributed by atoms with Gasteiger partial charge in [0.1, 0.15) is 5.15 Å². The number of ether oxygens (including phenoxy) is 1. The molecule has 0 unspecified atom stereocenters. The number of hydrogen-bond donors (Lipinski definition) is 1. The maximum Gasteiger partial charge on any atom is 0.306 e. The molecule has 1 rings (SSSR count). The molecule has 0 aromatic carbocycles. The van der Waals surface area contributed by atoms with E-state index < -0.39 is 5.97 Å². The molecule has 1 amide bonds. The van der Waals surface area contributed by atoms with Crippen LogP contribution in [0.1, 0.15) is 25.3 Å². The van der Waals surface area contributed by atoms with Crippen molar-refractivity contribution in [3.05, 3.63) is 21.9 Å². The Labute approximate surface area is 121 Å². The molecule has 1 N–H and O–H groups in total. The maximum absolute atomic E-state index is 11.7. The van der Waals surface area contributed by atoms with Crippen molar-refractivity contribution in [1.29, 1.82) is 0 Å². The molecule has 0 saturated heterocycles. The molecule has 0 aliphatic rings. The topological polar surface area (TPSA) is 68.3 Å². The Morgan fingerprint density at radius 2 is 2.05 bits per heavy atom. The average molecular weight is 305 g/mol. The number of hydrogen-bond acceptors (Lipinski definition) is 4.